The number of benzene rings is 2. The van der Waals surface area contributed by atoms with Crippen LogP contribution in [-0.4, -0.2) is 50.6 Å². The standard InChI is InChI=1S/C21H24N4O3S/c26-21(24-19-9-5-4-8-18(19)20-22-12-13-23-20)16-10-14-25(15-11-16)29(27,28)17-6-2-1-3-7-17/h1-9,16H,10-15H2,(H,22,23)(H,24,26). The van der Waals surface area contributed by atoms with Crippen LogP contribution >= 0.6 is 0 Å². The van der Waals surface area contributed by atoms with Crippen LogP contribution in [0.15, 0.2) is 64.5 Å². The molecule has 0 atom stereocenters. The van der Waals surface area contributed by atoms with Gasteiger partial charge in [0, 0.05) is 31.1 Å². The zero-order chi connectivity index (χ0) is 20.3. The summed E-state index contributed by atoms with van der Waals surface area (Å²) in [7, 11) is -3.51. The Bertz CT molecular complexity index is 1010. The number of aliphatic imine (C=N–C) groups is 1. The summed E-state index contributed by atoms with van der Waals surface area (Å²) in [5.41, 5.74) is 1.60. The molecular formula is C21H24N4O3S. The number of piperidine rings is 1. The van der Waals surface area contributed by atoms with E-state index in [4.69, 9.17) is 0 Å². The van der Waals surface area contributed by atoms with Gasteiger partial charge in [-0.25, -0.2) is 8.42 Å². The van der Waals surface area contributed by atoms with E-state index in [9.17, 15) is 13.2 Å². The smallest absolute Gasteiger partial charge is 0.243 e. The first-order valence-corrected chi connectivity index (χ1v) is 11.2. The second kappa shape index (κ2) is 8.34. The molecule has 1 amide bonds. The van der Waals surface area contributed by atoms with Crippen LogP contribution in [-0.2, 0) is 14.8 Å². The van der Waals surface area contributed by atoms with Gasteiger partial charge in [-0.2, -0.15) is 4.31 Å². The van der Waals surface area contributed by atoms with Gasteiger partial charge in [0.15, 0.2) is 0 Å². The van der Waals surface area contributed by atoms with Gasteiger partial charge in [-0.1, -0.05) is 30.3 Å². The van der Waals surface area contributed by atoms with Gasteiger partial charge in [0.25, 0.3) is 0 Å². The molecule has 0 saturated carbocycles. The molecule has 4 rings (SSSR count). The third kappa shape index (κ3) is 4.18. The van der Waals surface area contributed by atoms with Gasteiger partial charge < -0.3 is 10.6 Å². The van der Waals surface area contributed by atoms with E-state index < -0.39 is 10.0 Å². The lowest BCUT2D eigenvalue weighted by Gasteiger charge is -2.30. The molecule has 0 unspecified atom stereocenters. The first kappa shape index (κ1) is 19.6. The first-order chi connectivity index (χ1) is 14.1. The zero-order valence-corrected chi connectivity index (χ0v) is 16.9. The number of sulfonamides is 1. The Hall–Kier alpha value is -2.71. The Kier molecular flexibility index (Phi) is 5.64. The molecule has 2 aromatic carbocycles. The maximum Gasteiger partial charge on any atom is 0.243 e. The molecule has 2 aromatic rings. The van der Waals surface area contributed by atoms with Gasteiger partial charge in [-0.15, -0.1) is 0 Å². The SMILES string of the molecule is O=C(Nc1ccccc1C1=NCCN1)C1CCN(S(=O)(=O)c2ccccc2)CC1. The van der Waals surface area contributed by atoms with Crippen molar-refractivity contribution in [2.45, 2.75) is 17.7 Å². The molecule has 0 spiro atoms. The number of amides is 1. The highest BCUT2D eigenvalue weighted by Gasteiger charge is 2.32. The van der Waals surface area contributed by atoms with Gasteiger partial charge in [-0.05, 0) is 37.1 Å². The van der Waals surface area contributed by atoms with Crippen LogP contribution in [0, 0.1) is 5.92 Å². The van der Waals surface area contributed by atoms with Gasteiger partial charge in [-0.3, -0.25) is 9.79 Å². The van der Waals surface area contributed by atoms with Crippen LogP contribution in [0.4, 0.5) is 5.69 Å². The molecule has 2 aliphatic heterocycles. The van der Waals surface area contributed by atoms with Crippen LogP contribution in [0.1, 0.15) is 18.4 Å². The van der Waals surface area contributed by atoms with Gasteiger partial charge in [0.05, 0.1) is 17.1 Å². The zero-order valence-electron chi connectivity index (χ0n) is 16.0. The Morgan fingerprint density at radius 3 is 2.41 bits per heavy atom. The number of nitrogens with zero attached hydrogens (tertiary/aromatic N) is 2. The molecule has 0 bridgehead atoms. The number of carbonyl (C=O) groups excluding carboxylic acids is 1. The van der Waals surface area contributed by atoms with Gasteiger partial charge in [0.2, 0.25) is 15.9 Å². The number of rotatable bonds is 5. The molecule has 8 heteroatoms. The van der Waals surface area contributed by atoms with Crippen LogP contribution < -0.4 is 10.6 Å². The van der Waals surface area contributed by atoms with Crippen molar-refractivity contribution in [2.75, 3.05) is 31.5 Å². The number of anilines is 1. The summed E-state index contributed by atoms with van der Waals surface area (Å²) < 4.78 is 27.0. The Balaban J connectivity index is 1.40. The van der Waals surface area contributed by atoms with E-state index in [1.54, 1.807) is 30.3 Å². The number of hydrogen-bond acceptors (Lipinski definition) is 5. The minimum atomic E-state index is -3.51. The van der Waals surface area contributed by atoms with Crippen molar-refractivity contribution in [3.63, 3.8) is 0 Å². The fourth-order valence-corrected chi connectivity index (χ4v) is 5.20. The number of hydrogen-bond donors (Lipinski definition) is 2. The van der Waals surface area contributed by atoms with E-state index in [2.05, 4.69) is 15.6 Å². The molecule has 2 N–H and O–H groups in total. The van der Waals surface area contributed by atoms with Crippen LogP contribution in [0.25, 0.3) is 0 Å². The lowest BCUT2D eigenvalue weighted by molar-refractivity contribution is -0.120. The van der Waals surface area contributed by atoms with Gasteiger partial charge in [0.1, 0.15) is 5.84 Å². The molecular weight excluding hydrogens is 388 g/mol. The molecule has 0 radical (unpaired) electrons. The summed E-state index contributed by atoms with van der Waals surface area (Å²) in [5, 5.41) is 6.24. The van der Waals surface area contributed by atoms with Crippen molar-refractivity contribution in [3.05, 3.63) is 60.2 Å². The van der Waals surface area contributed by atoms with E-state index in [0.29, 0.717) is 30.8 Å². The maximum atomic E-state index is 12.8. The first-order valence-electron chi connectivity index (χ1n) is 9.79. The topological polar surface area (TPSA) is 90.9 Å². The quantitative estimate of drug-likeness (QED) is 0.787. The monoisotopic (exact) mass is 412 g/mol. The lowest BCUT2D eigenvalue weighted by Crippen LogP contribution is -2.41. The van der Waals surface area contributed by atoms with Crippen LogP contribution in [0.3, 0.4) is 0 Å². The minimum Gasteiger partial charge on any atom is -0.368 e. The van der Waals surface area contributed by atoms with Crippen LogP contribution in [0.5, 0.6) is 0 Å². The molecule has 1 saturated heterocycles. The molecule has 1 fully saturated rings. The lowest BCUT2D eigenvalue weighted by atomic mass is 9.97. The predicted octanol–water partition coefficient (Wildman–Crippen LogP) is 2.08. The normalized spacial score (nSPS) is 18.1. The second-order valence-corrected chi connectivity index (χ2v) is 9.12. The average Bonchev–Trinajstić information content (AvgIpc) is 3.29. The van der Waals surface area contributed by atoms with Gasteiger partial charge >= 0.3 is 0 Å². The number of carbonyl (C=O) groups is 1. The molecule has 29 heavy (non-hydrogen) atoms. The predicted molar refractivity (Wildman–Crippen MR) is 112 cm³/mol. The van der Waals surface area contributed by atoms with Crippen LogP contribution in [0.2, 0.25) is 0 Å². The fourth-order valence-electron chi connectivity index (χ4n) is 3.71. The highest BCUT2D eigenvalue weighted by atomic mass is 32.2. The summed E-state index contributed by atoms with van der Waals surface area (Å²) >= 11 is 0. The summed E-state index contributed by atoms with van der Waals surface area (Å²) in [6.45, 7) is 2.20. The van der Waals surface area contributed by atoms with Crippen molar-refractivity contribution in [1.29, 1.82) is 0 Å². The summed E-state index contributed by atoms with van der Waals surface area (Å²) in [6, 6.07) is 16.0. The summed E-state index contributed by atoms with van der Waals surface area (Å²) in [6.07, 6.45) is 0.999. The van der Waals surface area contributed by atoms with Crippen molar-refractivity contribution in [1.82, 2.24) is 9.62 Å². The third-order valence-corrected chi connectivity index (χ3v) is 7.23. The Morgan fingerprint density at radius 1 is 1.03 bits per heavy atom. The fraction of sp³-hybridized carbons (Fsp3) is 0.333. The maximum absolute atomic E-state index is 12.8. The van der Waals surface area contributed by atoms with E-state index in [1.807, 2.05) is 24.3 Å². The van der Waals surface area contributed by atoms with Crippen molar-refractivity contribution in [2.24, 2.45) is 10.9 Å². The van der Waals surface area contributed by atoms with E-state index in [0.717, 1.165) is 30.2 Å². The number of para-hydroxylation sites is 1. The van der Waals surface area contributed by atoms with Crippen molar-refractivity contribution >= 4 is 27.5 Å². The largest absolute Gasteiger partial charge is 0.368 e. The second-order valence-electron chi connectivity index (χ2n) is 7.18. The highest BCUT2D eigenvalue weighted by Crippen LogP contribution is 2.25. The minimum absolute atomic E-state index is 0.0761. The van der Waals surface area contributed by atoms with Crippen molar-refractivity contribution in [3.8, 4) is 0 Å². The highest BCUT2D eigenvalue weighted by molar-refractivity contribution is 7.89. The number of nitrogens with one attached hydrogen (secondary N) is 2. The molecule has 0 aliphatic carbocycles. The average molecular weight is 413 g/mol. The Morgan fingerprint density at radius 2 is 1.72 bits per heavy atom. The molecule has 2 heterocycles. The third-order valence-electron chi connectivity index (χ3n) is 5.32. The summed E-state index contributed by atoms with van der Waals surface area (Å²) in [5.74, 6) is 0.501. The molecule has 2 aliphatic rings. The van der Waals surface area contributed by atoms with E-state index in [1.165, 1.54) is 4.31 Å². The van der Waals surface area contributed by atoms with Crippen molar-refractivity contribution < 1.29 is 13.2 Å². The Labute approximate surface area is 170 Å². The number of amidine groups is 1. The molecule has 7 nitrogen and oxygen atoms in total. The van der Waals surface area contributed by atoms with E-state index in [-0.39, 0.29) is 11.8 Å². The van der Waals surface area contributed by atoms with E-state index >= 15 is 0 Å². The molecule has 152 valence electrons. The summed E-state index contributed by atoms with van der Waals surface area (Å²) in [4.78, 5) is 17.5. The molecule has 0 aromatic heterocycles.